The molecular formula is C40H48FN7O12S2. The molecule has 22 heteroatoms. The number of alkyl carbamates (subject to hydrolysis) is 1. The van der Waals surface area contributed by atoms with Crippen molar-refractivity contribution in [2.45, 2.75) is 112 Å². The van der Waals surface area contributed by atoms with Crippen molar-refractivity contribution >= 4 is 55.6 Å². The third-order valence-electron chi connectivity index (χ3n) is 11.4. The van der Waals surface area contributed by atoms with Crippen molar-refractivity contribution in [1.82, 2.24) is 29.5 Å². The Morgan fingerprint density at radius 3 is 2.42 bits per heavy atom. The topological polar surface area (TPSA) is 247 Å². The van der Waals surface area contributed by atoms with Gasteiger partial charge in [0.2, 0.25) is 31.9 Å². The Morgan fingerprint density at radius 1 is 0.984 bits per heavy atom. The number of nitrogens with one attached hydrogen (secondary N) is 3. The maximum Gasteiger partial charge on any atom is 0.410 e. The SMILES string of the molecule is CC(C)(C)OC(=O)N[C@H]1CCN(S(=O)(=O)c2ccccc2N=O)CC/C=C\[C@@H]2C[C@@]2(C(=O)NS(=O)(=O)C2CC2)NC(=O)C2C[C@@H](OC(=O)N3Cc4cccc(F)c4C3)CN2C1=O. The molecular weight excluding hydrogens is 854 g/mol. The number of halogens is 1. The predicted octanol–water partition coefficient (Wildman–Crippen LogP) is 3.06. The highest BCUT2D eigenvalue weighted by Crippen LogP contribution is 2.46. The minimum Gasteiger partial charge on any atom is -0.444 e. The third kappa shape index (κ3) is 9.45. The number of carbonyl (C=O) groups excluding carboxylic acids is 5. The molecule has 62 heavy (non-hydrogen) atoms. The lowest BCUT2D eigenvalue weighted by atomic mass is 10.1. The van der Waals surface area contributed by atoms with Crippen LogP contribution >= 0.6 is 0 Å². The fraction of sp³-hybridized carbons (Fsp3) is 0.525. The van der Waals surface area contributed by atoms with Crippen LogP contribution in [0.3, 0.4) is 0 Å². The standard InChI is InChI=1S/C40H48FN7O12S2/c1-39(2,3)60-37(52)42-31-16-18-47(62(57,58)33-13-5-4-12-30(33)44-54)17-7-6-10-25-20-40(25,36(51)45-61(55,56)27-14-15-27)43-34(49)32-19-26(22-48(32)35(31)50)59-38(53)46-21-24-9-8-11-29(41)28(24)23-46/h4-6,8-13,25-27,31-32H,7,14-23H2,1-3H3,(H,42,52)(H,43,49)(H,45,51)/b10-6-/t25-,26-,31+,32?,40-/m1/s1. The van der Waals surface area contributed by atoms with Crippen LogP contribution in [0.1, 0.15) is 70.4 Å². The van der Waals surface area contributed by atoms with Gasteiger partial charge in [-0.2, -0.15) is 4.31 Å². The lowest BCUT2D eigenvalue weighted by Gasteiger charge is -2.31. The van der Waals surface area contributed by atoms with Crippen LogP contribution in [0.4, 0.5) is 19.7 Å². The van der Waals surface area contributed by atoms with E-state index in [0.29, 0.717) is 24.0 Å². The fourth-order valence-corrected chi connectivity index (χ4v) is 10.9. The predicted molar refractivity (Wildman–Crippen MR) is 217 cm³/mol. The van der Waals surface area contributed by atoms with Gasteiger partial charge in [0.1, 0.15) is 45.7 Å². The maximum atomic E-state index is 14.8. The number of carbonyl (C=O) groups is 5. The Hall–Kier alpha value is -5.48. The molecule has 19 nitrogen and oxygen atoms in total. The van der Waals surface area contributed by atoms with Gasteiger partial charge in [-0.3, -0.25) is 24.0 Å². The minimum absolute atomic E-state index is 0.0348. The molecule has 5 amide bonds. The average Bonchev–Trinajstić information content (AvgIpc) is 4.09. The smallest absolute Gasteiger partial charge is 0.410 e. The molecule has 3 heterocycles. The molecule has 1 unspecified atom stereocenters. The van der Waals surface area contributed by atoms with Gasteiger partial charge in [-0.15, -0.1) is 4.91 Å². The van der Waals surface area contributed by atoms with Gasteiger partial charge in [0.15, 0.2) is 0 Å². The number of amides is 5. The lowest BCUT2D eigenvalue weighted by Crippen LogP contribution is -2.58. The molecule has 0 aromatic heterocycles. The summed E-state index contributed by atoms with van der Waals surface area (Å²) in [6, 6.07) is 6.73. The molecule has 0 spiro atoms. The molecule has 2 saturated carbocycles. The van der Waals surface area contributed by atoms with Gasteiger partial charge in [0.25, 0.3) is 5.91 Å². The molecule has 2 aliphatic carbocycles. The van der Waals surface area contributed by atoms with Gasteiger partial charge >= 0.3 is 12.2 Å². The van der Waals surface area contributed by atoms with Crippen LogP contribution in [0.25, 0.3) is 0 Å². The quantitative estimate of drug-likeness (QED) is 0.256. The highest BCUT2D eigenvalue weighted by Gasteiger charge is 2.62. The number of sulfonamides is 2. The molecule has 334 valence electrons. The number of rotatable bonds is 8. The van der Waals surface area contributed by atoms with Crippen LogP contribution < -0.4 is 15.4 Å². The molecule has 3 aliphatic heterocycles. The summed E-state index contributed by atoms with van der Waals surface area (Å²) in [5.74, 6) is -4.03. The van der Waals surface area contributed by atoms with E-state index in [4.69, 9.17) is 9.47 Å². The number of hydrogen-bond donors (Lipinski definition) is 3. The van der Waals surface area contributed by atoms with Gasteiger partial charge < -0.3 is 25.0 Å². The molecule has 2 aromatic carbocycles. The molecule has 7 rings (SSSR count). The number of ether oxygens (including phenoxy) is 2. The van der Waals surface area contributed by atoms with Crippen molar-refractivity contribution in [1.29, 1.82) is 0 Å². The molecule has 0 radical (unpaired) electrons. The lowest BCUT2D eigenvalue weighted by molar-refractivity contribution is -0.141. The van der Waals surface area contributed by atoms with Crippen LogP contribution in [-0.2, 0) is 57.0 Å². The number of nitroso groups, excluding NO2 is 1. The number of fused-ring (bicyclic) bond motifs is 3. The highest BCUT2D eigenvalue weighted by molar-refractivity contribution is 7.91. The Morgan fingerprint density at radius 2 is 1.73 bits per heavy atom. The van der Waals surface area contributed by atoms with E-state index in [2.05, 4.69) is 20.5 Å². The summed E-state index contributed by atoms with van der Waals surface area (Å²) in [4.78, 5) is 83.5. The van der Waals surface area contributed by atoms with Crippen LogP contribution in [-0.4, -0.2) is 115 Å². The van der Waals surface area contributed by atoms with E-state index >= 15 is 0 Å². The van der Waals surface area contributed by atoms with Crippen molar-refractivity contribution in [2.75, 3.05) is 19.6 Å². The van der Waals surface area contributed by atoms with Gasteiger partial charge in [-0.1, -0.05) is 36.4 Å². The zero-order valence-corrected chi connectivity index (χ0v) is 35.9. The first-order valence-electron chi connectivity index (χ1n) is 20.2. The summed E-state index contributed by atoms with van der Waals surface area (Å²) in [6.07, 6.45) is 0.130. The van der Waals surface area contributed by atoms with E-state index in [1.54, 1.807) is 39.0 Å². The van der Waals surface area contributed by atoms with Crippen molar-refractivity contribution in [3.63, 3.8) is 0 Å². The van der Waals surface area contributed by atoms with Crippen LogP contribution in [0, 0.1) is 16.6 Å². The second-order valence-corrected chi connectivity index (χ2v) is 21.0. The van der Waals surface area contributed by atoms with Gasteiger partial charge in [-0.25, -0.2) is 30.8 Å². The highest BCUT2D eigenvalue weighted by atomic mass is 32.2. The summed E-state index contributed by atoms with van der Waals surface area (Å²) >= 11 is 0. The summed E-state index contributed by atoms with van der Waals surface area (Å²) < 4.78 is 83.2. The summed E-state index contributed by atoms with van der Waals surface area (Å²) in [5.41, 5.74) is -2.29. The Kier molecular flexibility index (Phi) is 12.2. The molecule has 3 N–H and O–H groups in total. The van der Waals surface area contributed by atoms with Crippen LogP contribution in [0.5, 0.6) is 0 Å². The molecule has 3 fully saturated rings. The third-order valence-corrected chi connectivity index (χ3v) is 15.2. The number of hydrogen-bond acceptors (Lipinski definition) is 13. The van der Waals surface area contributed by atoms with E-state index in [1.165, 1.54) is 41.3 Å². The Balaban J connectivity index is 1.23. The monoisotopic (exact) mass is 901 g/mol. The molecule has 2 aromatic rings. The number of benzene rings is 2. The zero-order chi connectivity index (χ0) is 44.8. The average molecular weight is 902 g/mol. The summed E-state index contributed by atoms with van der Waals surface area (Å²) in [6.45, 7) is 3.69. The van der Waals surface area contributed by atoms with E-state index in [-0.39, 0.29) is 51.0 Å². The molecule has 5 atom stereocenters. The second-order valence-electron chi connectivity index (χ2n) is 17.1. The first kappa shape index (κ1) is 44.6. The Bertz CT molecular complexity index is 2420. The largest absolute Gasteiger partial charge is 0.444 e. The van der Waals surface area contributed by atoms with Gasteiger partial charge in [0, 0.05) is 37.5 Å². The maximum absolute atomic E-state index is 14.8. The van der Waals surface area contributed by atoms with E-state index in [0.717, 1.165) is 9.21 Å². The van der Waals surface area contributed by atoms with E-state index in [9.17, 15) is 50.1 Å². The minimum atomic E-state index is -4.49. The number of nitrogens with zero attached hydrogens (tertiary/aromatic N) is 4. The van der Waals surface area contributed by atoms with Crippen molar-refractivity contribution in [3.05, 3.63) is 76.5 Å². The van der Waals surface area contributed by atoms with E-state index in [1.807, 2.05) is 0 Å². The van der Waals surface area contributed by atoms with Crippen molar-refractivity contribution in [3.8, 4) is 0 Å². The summed E-state index contributed by atoms with van der Waals surface area (Å²) in [5, 5.41) is 7.32. The Labute approximate surface area is 357 Å². The first-order valence-corrected chi connectivity index (χ1v) is 23.2. The molecule has 0 bridgehead atoms. The zero-order valence-electron chi connectivity index (χ0n) is 34.2. The normalized spacial score (nSPS) is 26.4. The van der Waals surface area contributed by atoms with Crippen molar-refractivity contribution in [2.24, 2.45) is 11.1 Å². The van der Waals surface area contributed by atoms with Gasteiger partial charge in [0.05, 0.1) is 18.3 Å². The fourth-order valence-electron chi connectivity index (χ4n) is 7.97. The van der Waals surface area contributed by atoms with Gasteiger partial charge in [-0.05, 0) is 81.8 Å². The van der Waals surface area contributed by atoms with Crippen LogP contribution in [0.2, 0.25) is 0 Å². The van der Waals surface area contributed by atoms with Crippen molar-refractivity contribution < 1.29 is 54.7 Å². The first-order chi connectivity index (χ1) is 29.2. The molecule has 5 aliphatic rings. The van der Waals surface area contributed by atoms with Crippen LogP contribution in [0.15, 0.2) is 64.7 Å². The summed E-state index contributed by atoms with van der Waals surface area (Å²) in [7, 11) is -8.57. The molecule has 1 saturated heterocycles. The second kappa shape index (κ2) is 17.0. The van der Waals surface area contributed by atoms with E-state index < -0.39 is 114 Å².